The van der Waals surface area contributed by atoms with Crippen LogP contribution in [0.5, 0.6) is 0 Å². The monoisotopic (exact) mass is 280 g/mol. The first-order chi connectivity index (χ1) is 9.67. The van der Waals surface area contributed by atoms with E-state index in [4.69, 9.17) is 4.74 Å². The summed E-state index contributed by atoms with van der Waals surface area (Å²) >= 11 is 0. The molecule has 2 heterocycles. The molecule has 0 aromatic rings. The Morgan fingerprint density at radius 3 is 2.65 bits per heavy atom. The van der Waals surface area contributed by atoms with Gasteiger partial charge in [-0.05, 0) is 65.0 Å². The molecular weight excluding hydrogens is 248 g/mol. The Morgan fingerprint density at radius 1 is 1.15 bits per heavy atom. The summed E-state index contributed by atoms with van der Waals surface area (Å²) in [6.07, 6.45) is 9.82. The van der Waals surface area contributed by atoms with Crippen molar-refractivity contribution in [1.82, 2.24) is 10.2 Å². The molecule has 1 spiro atoms. The van der Waals surface area contributed by atoms with E-state index in [0.717, 1.165) is 12.5 Å². The fraction of sp³-hybridized carbons (Fsp3) is 1.00. The SMILES string of the molecule is CC(C)N1CCC(CNCC2CCC3(CCCC3)O2)C1. The second kappa shape index (κ2) is 6.33. The van der Waals surface area contributed by atoms with Gasteiger partial charge in [-0.15, -0.1) is 0 Å². The Hall–Kier alpha value is -0.120. The van der Waals surface area contributed by atoms with Crippen LogP contribution in [0.4, 0.5) is 0 Å². The third kappa shape index (κ3) is 3.37. The number of ether oxygens (including phenoxy) is 1. The Morgan fingerprint density at radius 2 is 1.95 bits per heavy atom. The van der Waals surface area contributed by atoms with Crippen molar-refractivity contribution < 1.29 is 4.74 Å². The van der Waals surface area contributed by atoms with Gasteiger partial charge in [0.15, 0.2) is 0 Å². The molecule has 3 aliphatic rings. The average molecular weight is 280 g/mol. The van der Waals surface area contributed by atoms with Gasteiger partial charge in [0.05, 0.1) is 11.7 Å². The molecule has 2 unspecified atom stereocenters. The van der Waals surface area contributed by atoms with Gasteiger partial charge in [-0.25, -0.2) is 0 Å². The van der Waals surface area contributed by atoms with E-state index in [1.165, 1.54) is 64.6 Å². The van der Waals surface area contributed by atoms with Crippen molar-refractivity contribution in [2.45, 2.75) is 76.5 Å². The van der Waals surface area contributed by atoms with Crippen LogP contribution in [0.15, 0.2) is 0 Å². The molecule has 116 valence electrons. The summed E-state index contributed by atoms with van der Waals surface area (Å²) in [5, 5.41) is 3.68. The van der Waals surface area contributed by atoms with Gasteiger partial charge in [-0.1, -0.05) is 12.8 Å². The van der Waals surface area contributed by atoms with Crippen LogP contribution in [0.25, 0.3) is 0 Å². The molecule has 3 heteroatoms. The zero-order chi connectivity index (χ0) is 14.0. The predicted octanol–water partition coefficient (Wildman–Crippen LogP) is 2.80. The van der Waals surface area contributed by atoms with E-state index in [9.17, 15) is 0 Å². The molecule has 0 aromatic carbocycles. The van der Waals surface area contributed by atoms with Gasteiger partial charge in [0.2, 0.25) is 0 Å². The first-order valence-electron chi connectivity index (χ1n) is 8.79. The van der Waals surface area contributed by atoms with Crippen molar-refractivity contribution in [3.63, 3.8) is 0 Å². The lowest BCUT2D eigenvalue weighted by Crippen LogP contribution is -2.35. The molecule has 1 aliphatic carbocycles. The topological polar surface area (TPSA) is 24.5 Å². The van der Waals surface area contributed by atoms with E-state index in [1.54, 1.807) is 0 Å². The summed E-state index contributed by atoms with van der Waals surface area (Å²) in [6.45, 7) is 9.43. The average Bonchev–Trinajstić information content (AvgIpc) is 3.13. The first kappa shape index (κ1) is 14.8. The third-order valence-corrected chi connectivity index (χ3v) is 5.71. The largest absolute Gasteiger partial charge is 0.370 e. The molecule has 3 fully saturated rings. The smallest absolute Gasteiger partial charge is 0.0708 e. The predicted molar refractivity (Wildman–Crippen MR) is 83.0 cm³/mol. The third-order valence-electron chi connectivity index (χ3n) is 5.71. The van der Waals surface area contributed by atoms with Crippen LogP contribution < -0.4 is 5.32 Å². The highest BCUT2D eigenvalue weighted by Crippen LogP contribution is 2.43. The number of nitrogens with one attached hydrogen (secondary N) is 1. The number of nitrogens with zero attached hydrogens (tertiary/aromatic N) is 1. The van der Waals surface area contributed by atoms with Crippen molar-refractivity contribution in [1.29, 1.82) is 0 Å². The Kier molecular flexibility index (Phi) is 4.68. The first-order valence-corrected chi connectivity index (χ1v) is 8.79. The van der Waals surface area contributed by atoms with E-state index in [2.05, 4.69) is 24.1 Å². The summed E-state index contributed by atoms with van der Waals surface area (Å²) in [5.41, 5.74) is 0.300. The molecule has 3 rings (SSSR count). The minimum absolute atomic E-state index is 0.300. The van der Waals surface area contributed by atoms with E-state index in [1.807, 2.05) is 0 Å². The lowest BCUT2D eigenvalue weighted by Gasteiger charge is -2.24. The minimum atomic E-state index is 0.300. The number of hydrogen-bond acceptors (Lipinski definition) is 3. The minimum Gasteiger partial charge on any atom is -0.370 e. The molecule has 0 bridgehead atoms. The summed E-state index contributed by atoms with van der Waals surface area (Å²) in [5.74, 6) is 0.847. The number of hydrogen-bond donors (Lipinski definition) is 1. The van der Waals surface area contributed by atoms with Crippen LogP contribution in [0.2, 0.25) is 0 Å². The normalized spacial score (nSPS) is 33.8. The molecular formula is C17H32N2O. The molecule has 0 amide bonds. The second-order valence-electron chi connectivity index (χ2n) is 7.57. The maximum absolute atomic E-state index is 6.36. The molecule has 0 aromatic heterocycles. The van der Waals surface area contributed by atoms with Gasteiger partial charge < -0.3 is 15.0 Å². The van der Waals surface area contributed by atoms with E-state index >= 15 is 0 Å². The maximum atomic E-state index is 6.36. The Bertz CT molecular complexity index is 312. The zero-order valence-electron chi connectivity index (χ0n) is 13.4. The molecule has 1 saturated carbocycles. The molecule has 20 heavy (non-hydrogen) atoms. The van der Waals surface area contributed by atoms with Crippen LogP contribution in [-0.2, 0) is 4.74 Å². The molecule has 2 atom stereocenters. The van der Waals surface area contributed by atoms with E-state index < -0.39 is 0 Å². The Balaban J connectivity index is 1.33. The summed E-state index contributed by atoms with van der Waals surface area (Å²) in [4.78, 5) is 2.60. The highest BCUT2D eigenvalue weighted by atomic mass is 16.5. The van der Waals surface area contributed by atoms with Crippen LogP contribution in [0.3, 0.4) is 0 Å². The van der Waals surface area contributed by atoms with Crippen LogP contribution >= 0.6 is 0 Å². The highest BCUT2D eigenvalue weighted by molar-refractivity contribution is 4.93. The van der Waals surface area contributed by atoms with E-state index in [0.29, 0.717) is 17.7 Å². The van der Waals surface area contributed by atoms with Gasteiger partial charge in [0.1, 0.15) is 0 Å². The molecule has 2 aliphatic heterocycles. The maximum Gasteiger partial charge on any atom is 0.0708 e. The fourth-order valence-corrected chi connectivity index (χ4v) is 4.37. The summed E-state index contributed by atoms with van der Waals surface area (Å²) in [7, 11) is 0. The number of rotatable bonds is 5. The quantitative estimate of drug-likeness (QED) is 0.838. The van der Waals surface area contributed by atoms with Gasteiger partial charge >= 0.3 is 0 Å². The second-order valence-corrected chi connectivity index (χ2v) is 7.57. The van der Waals surface area contributed by atoms with Crippen molar-refractivity contribution in [2.24, 2.45) is 5.92 Å². The van der Waals surface area contributed by atoms with Crippen molar-refractivity contribution in [3.05, 3.63) is 0 Å². The van der Waals surface area contributed by atoms with Gasteiger partial charge in [-0.3, -0.25) is 0 Å². The lowest BCUT2D eigenvalue weighted by molar-refractivity contribution is -0.0352. The van der Waals surface area contributed by atoms with Crippen LogP contribution in [-0.4, -0.2) is 48.8 Å². The number of likely N-dealkylation sites (tertiary alicyclic amines) is 1. The molecule has 0 radical (unpaired) electrons. The van der Waals surface area contributed by atoms with Crippen LogP contribution in [0.1, 0.15) is 58.8 Å². The van der Waals surface area contributed by atoms with Crippen molar-refractivity contribution in [3.8, 4) is 0 Å². The molecule has 3 nitrogen and oxygen atoms in total. The van der Waals surface area contributed by atoms with Gasteiger partial charge in [0, 0.05) is 19.1 Å². The highest BCUT2D eigenvalue weighted by Gasteiger charge is 2.41. The van der Waals surface area contributed by atoms with E-state index in [-0.39, 0.29) is 0 Å². The molecule has 1 N–H and O–H groups in total. The summed E-state index contributed by atoms with van der Waals surface area (Å²) < 4.78 is 6.36. The zero-order valence-corrected chi connectivity index (χ0v) is 13.4. The van der Waals surface area contributed by atoms with Gasteiger partial charge in [0.25, 0.3) is 0 Å². The molecule has 2 saturated heterocycles. The van der Waals surface area contributed by atoms with Gasteiger partial charge in [-0.2, -0.15) is 0 Å². The Labute approximate surface area is 124 Å². The summed E-state index contributed by atoms with van der Waals surface area (Å²) in [6, 6.07) is 0.709. The lowest BCUT2D eigenvalue weighted by atomic mass is 9.98. The van der Waals surface area contributed by atoms with Crippen LogP contribution in [0, 0.1) is 5.92 Å². The van der Waals surface area contributed by atoms with Crippen molar-refractivity contribution in [2.75, 3.05) is 26.2 Å². The standard InChI is InChI=1S/C17H32N2O/c1-14(2)19-10-6-15(13-19)11-18-12-16-5-9-17(20-16)7-3-4-8-17/h14-16,18H,3-13H2,1-2H3. The fourth-order valence-electron chi connectivity index (χ4n) is 4.37. The van der Waals surface area contributed by atoms with Crippen molar-refractivity contribution >= 4 is 0 Å².